The van der Waals surface area contributed by atoms with Crippen LogP contribution in [0.3, 0.4) is 0 Å². The quantitative estimate of drug-likeness (QED) is 0.455. The lowest BCUT2D eigenvalue weighted by Gasteiger charge is -2.05. The third-order valence-corrected chi connectivity index (χ3v) is 5.93. The third-order valence-electron chi connectivity index (χ3n) is 3.53. The summed E-state index contributed by atoms with van der Waals surface area (Å²) in [6, 6.07) is 12.6. The molecule has 8 heteroatoms. The highest BCUT2D eigenvalue weighted by molar-refractivity contribution is 8.00. The Labute approximate surface area is 163 Å². The number of amides is 1. The molecule has 0 saturated heterocycles. The SMILES string of the molecule is Cc1ccc(CSc2nnc(NC(=O)Cc3c(F)cccc3Cl)s2)cc1. The lowest BCUT2D eigenvalue weighted by molar-refractivity contribution is -0.115. The van der Waals surface area contributed by atoms with Crippen molar-refractivity contribution in [2.24, 2.45) is 0 Å². The van der Waals surface area contributed by atoms with Crippen molar-refractivity contribution in [3.63, 3.8) is 0 Å². The van der Waals surface area contributed by atoms with Crippen molar-refractivity contribution in [2.75, 3.05) is 5.32 Å². The summed E-state index contributed by atoms with van der Waals surface area (Å²) in [5, 5.41) is 11.3. The number of aromatic nitrogens is 2. The van der Waals surface area contributed by atoms with Gasteiger partial charge >= 0.3 is 0 Å². The number of nitrogens with zero attached hydrogens (tertiary/aromatic N) is 2. The standard InChI is InChI=1S/C18H15ClFN3OS2/c1-11-5-7-12(8-6-11)10-25-18-23-22-17(26-18)21-16(24)9-13-14(19)3-2-4-15(13)20/h2-8H,9-10H2,1H3,(H,21,22,24). The maximum absolute atomic E-state index is 13.7. The minimum absolute atomic E-state index is 0.156. The first-order chi connectivity index (χ1) is 12.5. The minimum Gasteiger partial charge on any atom is -0.300 e. The Morgan fingerprint density at radius 1 is 1.23 bits per heavy atom. The van der Waals surface area contributed by atoms with E-state index in [1.54, 1.807) is 17.8 Å². The molecule has 1 N–H and O–H groups in total. The zero-order valence-corrected chi connectivity index (χ0v) is 16.2. The van der Waals surface area contributed by atoms with E-state index in [0.717, 1.165) is 10.1 Å². The first-order valence-corrected chi connectivity index (χ1v) is 9.94. The second kappa shape index (κ2) is 8.62. The monoisotopic (exact) mass is 407 g/mol. The fourth-order valence-electron chi connectivity index (χ4n) is 2.17. The van der Waals surface area contributed by atoms with Crippen molar-refractivity contribution >= 4 is 45.7 Å². The van der Waals surface area contributed by atoms with E-state index < -0.39 is 5.82 Å². The van der Waals surface area contributed by atoms with E-state index in [9.17, 15) is 9.18 Å². The molecule has 0 atom stereocenters. The number of hydrogen-bond donors (Lipinski definition) is 1. The van der Waals surface area contributed by atoms with Crippen LogP contribution in [-0.4, -0.2) is 16.1 Å². The molecular weight excluding hydrogens is 393 g/mol. The van der Waals surface area contributed by atoms with Crippen molar-refractivity contribution in [1.29, 1.82) is 0 Å². The number of carbonyl (C=O) groups excluding carboxylic acids is 1. The second-order valence-corrected chi connectivity index (χ2v) is 8.18. The Morgan fingerprint density at radius 2 is 2.00 bits per heavy atom. The van der Waals surface area contributed by atoms with E-state index in [0.29, 0.717) is 5.13 Å². The number of nitrogens with one attached hydrogen (secondary N) is 1. The number of carbonyl (C=O) groups is 1. The summed E-state index contributed by atoms with van der Waals surface area (Å²) >= 11 is 8.77. The Balaban J connectivity index is 1.56. The van der Waals surface area contributed by atoms with E-state index in [1.165, 1.54) is 34.6 Å². The predicted molar refractivity (Wildman–Crippen MR) is 104 cm³/mol. The molecule has 1 amide bonds. The Bertz CT molecular complexity index is 895. The van der Waals surface area contributed by atoms with Gasteiger partial charge in [0.15, 0.2) is 4.34 Å². The Hall–Kier alpha value is -1.96. The average Bonchev–Trinajstić information content (AvgIpc) is 3.05. The molecule has 3 rings (SSSR count). The molecule has 0 fully saturated rings. The molecule has 0 aliphatic heterocycles. The van der Waals surface area contributed by atoms with E-state index in [4.69, 9.17) is 11.6 Å². The molecule has 0 saturated carbocycles. The summed E-state index contributed by atoms with van der Waals surface area (Å²) in [5.41, 5.74) is 2.58. The maximum Gasteiger partial charge on any atom is 0.230 e. The molecule has 0 radical (unpaired) electrons. The molecule has 0 unspecified atom stereocenters. The van der Waals surface area contributed by atoms with Crippen molar-refractivity contribution in [3.8, 4) is 0 Å². The van der Waals surface area contributed by atoms with Gasteiger partial charge in [-0.25, -0.2) is 4.39 Å². The average molecular weight is 408 g/mol. The van der Waals surface area contributed by atoms with Crippen molar-refractivity contribution in [1.82, 2.24) is 10.2 Å². The van der Waals surface area contributed by atoms with Gasteiger partial charge in [0.2, 0.25) is 11.0 Å². The van der Waals surface area contributed by atoms with Gasteiger partial charge in [-0.1, -0.05) is 70.6 Å². The second-order valence-electron chi connectivity index (χ2n) is 5.57. The highest BCUT2D eigenvalue weighted by Crippen LogP contribution is 2.28. The van der Waals surface area contributed by atoms with Gasteiger partial charge in [-0.15, -0.1) is 10.2 Å². The highest BCUT2D eigenvalue weighted by Gasteiger charge is 2.14. The smallest absolute Gasteiger partial charge is 0.230 e. The lowest BCUT2D eigenvalue weighted by atomic mass is 10.1. The maximum atomic E-state index is 13.7. The largest absolute Gasteiger partial charge is 0.300 e. The van der Waals surface area contributed by atoms with Gasteiger partial charge < -0.3 is 5.32 Å². The number of rotatable bonds is 6. The Morgan fingerprint density at radius 3 is 2.73 bits per heavy atom. The van der Waals surface area contributed by atoms with E-state index in [-0.39, 0.29) is 22.9 Å². The molecule has 3 aromatic rings. The van der Waals surface area contributed by atoms with Crippen LogP contribution in [0.4, 0.5) is 9.52 Å². The number of thioether (sulfide) groups is 1. The van der Waals surface area contributed by atoms with Crippen LogP contribution >= 0.6 is 34.7 Å². The highest BCUT2D eigenvalue weighted by atomic mass is 35.5. The van der Waals surface area contributed by atoms with Gasteiger partial charge in [-0.2, -0.15) is 0 Å². The number of anilines is 1. The van der Waals surface area contributed by atoms with Gasteiger partial charge in [0.1, 0.15) is 5.82 Å². The minimum atomic E-state index is -0.501. The van der Waals surface area contributed by atoms with Gasteiger partial charge in [0, 0.05) is 16.3 Å². The third kappa shape index (κ3) is 5.03. The first kappa shape index (κ1) is 18.8. The number of aryl methyl sites for hydroxylation is 1. The molecular formula is C18H15ClFN3OS2. The molecule has 0 bridgehead atoms. The molecule has 0 spiro atoms. The van der Waals surface area contributed by atoms with Crippen LogP contribution in [0, 0.1) is 12.7 Å². The summed E-state index contributed by atoms with van der Waals surface area (Å²) in [4.78, 5) is 12.1. The molecule has 0 aliphatic rings. The van der Waals surface area contributed by atoms with E-state index in [2.05, 4.69) is 39.8 Å². The van der Waals surface area contributed by atoms with Gasteiger partial charge in [-0.05, 0) is 24.6 Å². The molecule has 0 aliphatic carbocycles. The summed E-state index contributed by atoms with van der Waals surface area (Å²) in [7, 11) is 0. The predicted octanol–water partition coefficient (Wildman–Crippen LogP) is 5.11. The van der Waals surface area contributed by atoms with E-state index >= 15 is 0 Å². The van der Waals surface area contributed by atoms with Crippen molar-refractivity contribution in [2.45, 2.75) is 23.4 Å². The van der Waals surface area contributed by atoms with Crippen LogP contribution in [-0.2, 0) is 17.0 Å². The van der Waals surface area contributed by atoms with Gasteiger partial charge in [-0.3, -0.25) is 4.79 Å². The molecule has 2 aromatic carbocycles. The van der Waals surface area contributed by atoms with Crippen molar-refractivity contribution < 1.29 is 9.18 Å². The lowest BCUT2D eigenvalue weighted by Crippen LogP contribution is -2.15. The topological polar surface area (TPSA) is 54.9 Å². The van der Waals surface area contributed by atoms with Crippen LogP contribution in [0.2, 0.25) is 5.02 Å². The Kier molecular flexibility index (Phi) is 6.24. The number of halogens is 2. The number of benzene rings is 2. The summed E-state index contributed by atoms with van der Waals surface area (Å²) < 4.78 is 14.5. The van der Waals surface area contributed by atoms with Crippen LogP contribution in [0.15, 0.2) is 46.8 Å². The fraction of sp³-hybridized carbons (Fsp3) is 0.167. The van der Waals surface area contributed by atoms with Gasteiger partial charge in [0.25, 0.3) is 0 Å². The van der Waals surface area contributed by atoms with Crippen molar-refractivity contribution in [3.05, 3.63) is 70.0 Å². The molecule has 1 heterocycles. The van der Waals surface area contributed by atoms with E-state index in [1.807, 2.05) is 6.92 Å². The number of hydrogen-bond acceptors (Lipinski definition) is 5. The zero-order chi connectivity index (χ0) is 18.5. The molecule has 134 valence electrons. The first-order valence-electron chi connectivity index (χ1n) is 7.76. The van der Waals surface area contributed by atoms with Crippen LogP contribution in [0.25, 0.3) is 0 Å². The summed E-state index contributed by atoms with van der Waals surface area (Å²) in [6.45, 7) is 2.05. The van der Waals surface area contributed by atoms with Crippen LogP contribution < -0.4 is 5.32 Å². The van der Waals surface area contributed by atoms with Gasteiger partial charge in [0.05, 0.1) is 6.42 Å². The van der Waals surface area contributed by atoms with Crippen LogP contribution in [0.5, 0.6) is 0 Å². The molecule has 1 aromatic heterocycles. The fourth-order valence-corrected chi connectivity index (χ4v) is 4.13. The normalized spacial score (nSPS) is 10.7. The summed E-state index contributed by atoms with van der Waals surface area (Å²) in [5.74, 6) is -0.115. The summed E-state index contributed by atoms with van der Waals surface area (Å²) in [6.07, 6.45) is -0.156. The van der Waals surface area contributed by atoms with Crippen LogP contribution in [0.1, 0.15) is 16.7 Å². The zero-order valence-electron chi connectivity index (χ0n) is 13.8. The molecule has 4 nitrogen and oxygen atoms in total. The molecule has 26 heavy (non-hydrogen) atoms.